The Morgan fingerprint density at radius 2 is 1.43 bits per heavy atom. The molecule has 0 aliphatic carbocycles. The van der Waals surface area contributed by atoms with Crippen molar-refractivity contribution in [1.29, 1.82) is 0 Å². The number of aromatic nitrogens is 2. The lowest BCUT2D eigenvalue weighted by Crippen LogP contribution is -2.02. The highest BCUT2D eigenvalue weighted by molar-refractivity contribution is 7.91. The van der Waals surface area contributed by atoms with E-state index >= 15 is 0 Å². The van der Waals surface area contributed by atoms with Crippen molar-refractivity contribution in [3.63, 3.8) is 0 Å². The molecule has 214 valence electrons. The van der Waals surface area contributed by atoms with Crippen molar-refractivity contribution in [1.82, 2.24) is 9.55 Å². The van der Waals surface area contributed by atoms with E-state index in [4.69, 9.17) is 28.2 Å². The van der Waals surface area contributed by atoms with Crippen LogP contribution >= 0.6 is 23.2 Å². The van der Waals surface area contributed by atoms with Crippen LogP contribution in [-0.4, -0.2) is 38.9 Å². The average Bonchev–Trinajstić information content (AvgIpc) is 3.33. The first-order valence-electron chi connectivity index (χ1n) is 12.8. The summed E-state index contributed by atoms with van der Waals surface area (Å²) in [6.07, 6.45) is 8.12. The van der Waals surface area contributed by atoms with Crippen LogP contribution in [0.2, 0.25) is 10.0 Å². The van der Waals surface area contributed by atoms with Gasteiger partial charge in [0, 0.05) is 35.8 Å². The molecule has 0 spiro atoms. The van der Waals surface area contributed by atoms with Crippen molar-refractivity contribution in [2.45, 2.75) is 16.3 Å². The van der Waals surface area contributed by atoms with E-state index in [9.17, 15) is 16.8 Å². The van der Waals surface area contributed by atoms with Crippen LogP contribution in [0.4, 0.5) is 0 Å². The van der Waals surface area contributed by atoms with Crippen molar-refractivity contribution < 1.29 is 16.8 Å². The molecule has 0 atom stereocenters. The molecule has 0 unspecified atom stereocenters. The molecule has 0 aliphatic heterocycles. The maximum atomic E-state index is 12.0. The third kappa shape index (κ3) is 7.02. The summed E-state index contributed by atoms with van der Waals surface area (Å²) >= 11 is 12.6. The van der Waals surface area contributed by atoms with Gasteiger partial charge < -0.3 is 4.57 Å². The predicted octanol–water partition coefficient (Wildman–Crippen LogP) is 7.55. The van der Waals surface area contributed by atoms with E-state index < -0.39 is 19.7 Å². The molecule has 0 aliphatic rings. The van der Waals surface area contributed by atoms with E-state index in [1.54, 1.807) is 54.6 Å². The molecule has 0 N–H and O–H groups in total. The molecular weight excluding hydrogens is 611 g/mol. The lowest BCUT2D eigenvalue weighted by atomic mass is 10.0. The smallest absolute Gasteiger partial charge is 0.175 e. The van der Waals surface area contributed by atoms with E-state index in [2.05, 4.69) is 0 Å². The second kappa shape index (κ2) is 11.9. The number of nitrogens with zero attached hydrogens (tertiary/aromatic N) is 2. The Morgan fingerprint density at radius 3 is 2.07 bits per heavy atom. The molecule has 5 rings (SSSR count). The van der Waals surface area contributed by atoms with E-state index in [0.29, 0.717) is 28.1 Å². The number of rotatable bonds is 8. The number of hydrogen-bond acceptors (Lipinski definition) is 5. The molecular formula is C32H26Cl2N2O4S2. The fourth-order valence-electron chi connectivity index (χ4n) is 4.42. The van der Waals surface area contributed by atoms with Crippen LogP contribution in [0, 0.1) is 0 Å². The second-order valence-electron chi connectivity index (χ2n) is 9.91. The predicted molar refractivity (Wildman–Crippen MR) is 170 cm³/mol. The van der Waals surface area contributed by atoms with Crippen LogP contribution < -0.4 is 0 Å². The first-order valence-corrected chi connectivity index (χ1v) is 17.3. The van der Waals surface area contributed by atoms with Crippen molar-refractivity contribution in [3.05, 3.63) is 124 Å². The molecule has 0 saturated heterocycles. The zero-order chi connectivity index (χ0) is 30.1. The Balaban J connectivity index is 1.46. The Bertz CT molecular complexity index is 2020. The highest BCUT2D eigenvalue weighted by atomic mass is 35.5. The standard InChI is InChI=1S/C32H26Cl2N2O4S2/c1-41(37,38)27-14-8-23(9-15-27)20-36-21-31(29-16-13-26(33)19-30(29)34)35-32(36)17-10-22-6-11-24(12-7-22)25-4-3-5-28(18-25)42(2,39)40/h3-19,21H,20H2,1-2H3. The SMILES string of the molecule is CS(=O)(=O)c1ccc(Cn2cc(-c3ccc(Cl)cc3Cl)nc2C=Cc2ccc(-c3cccc(S(C)(=O)=O)c3)cc2)cc1. The van der Waals surface area contributed by atoms with Gasteiger partial charge in [0.15, 0.2) is 19.7 Å². The van der Waals surface area contributed by atoms with Gasteiger partial charge in [-0.25, -0.2) is 21.8 Å². The monoisotopic (exact) mass is 636 g/mol. The summed E-state index contributed by atoms with van der Waals surface area (Å²) in [5.41, 5.74) is 4.96. The lowest BCUT2D eigenvalue weighted by Gasteiger charge is -2.07. The summed E-state index contributed by atoms with van der Waals surface area (Å²) in [4.78, 5) is 5.37. The maximum absolute atomic E-state index is 12.0. The van der Waals surface area contributed by atoms with Crippen LogP contribution in [-0.2, 0) is 26.2 Å². The summed E-state index contributed by atoms with van der Waals surface area (Å²) < 4.78 is 49.6. The molecule has 0 fully saturated rings. The Kier molecular flexibility index (Phi) is 8.44. The fraction of sp³-hybridized carbons (Fsp3) is 0.0938. The van der Waals surface area contributed by atoms with Gasteiger partial charge in [-0.1, -0.05) is 77.8 Å². The molecule has 6 nitrogen and oxygen atoms in total. The highest BCUT2D eigenvalue weighted by Gasteiger charge is 2.13. The molecule has 42 heavy (non-hydrogen) atoms. The quantitative estimate of drug-likeness (QED) is 0.175. The van der Waals surface area contributed by atoms with Crippen LogP contribution in [0.15, 0.2) is 107 Å². The van der Waals surface area contributed by atoms with E-state index in [-0.39, 0.29) is 9.79 Å². The number of hydrogen-bond donors (Lipinski definition) is 0. The van der Waals surface area contributed by atoms with E-state index in [1.165, 1.54) is 12.5 Å². The van der Waals surface area contributed by atoms with E-state index in [0.717, 1.165) is 27.8 Å². The second-order valence-corrected chi connectivity index (χ2v) is 14.8. The summed E-state index contributed by atoms with van der Waals surface area (Å²) in [6, 6.07) is 26.7. The third-order valence-electron chi connectivity index (χ3n) is 6.65. The molecule has 5 aromatic rings. The third-order valence-corrected chi connectivity index (χ3v) is 9.44. The number of imidazole rings is 1. The fourth-order valence-corrected chi connectivity index (χ4v) is 6.22. The van der Waals surface area contributed by atoms with Crippen LogP contribution in [0.1, 0.15) is 17.0 Å². The first kappa shape index (κ1) is 29.8. The van der Waals surface area contributed by atoms with Gasteiger partial charge in [-0.05, 0) is 70.8 Å². The van der Waals surface area contributed by atoms with Crippen molar-refractivity contribution in [3.8, 4) is 22.4 Å². The molecule has 1 aromatic heterocycles. The van der Waals surface area contributed by atoms with Gasteiger partial charge in [0.25, 0.3) is 0 Å². The van der Waals surface area contributed by atoms with Gasteiger partial charge in [0.1, 0.15) is 5.82 Å². The Hall–Kier alpha value is -3.69. The summed E-state index contributed by atoms with van der Waals surface area (Å²) in [5, 5.41) is 1.01. The summed E-state index contributed by atoms with van der Waals surface area (Å²) in [5.74, 6) is 0.674. The summed E-state index contributed by atoms with van der Waals surface area (Å²) in [6.45, 7) is 0.456. The van der Waals surface area contributed by atoms with Gasteiger partial charge in [0.2, 0.25) is 0 Å². The van der Waals surface area contributed by atoms with Gasteiger partial charge in [0.05, 0.1) is 20.5 Å². The average molecular weight is 638 g/mol. The minimum absolute atomic E-state index is 0.261. The lowest BCUT2D eigenvalue weighted by molar-refractivity contribution is 0.600. The molecule has 4 aromatic carbocycles. The van der Waals surface area contributed by atoms with Gasteiger partial charge in [-0.15, -0.1) is 0 Å². The molecule has 0 saturated carbocycles. The normalized spacial score (nSPS) is 12.2. The molecule has 0 bridgehead atoms. The van der Waals surface area contributed by atoms with Gasteiger partial charge in [-0.2, -0.15) is 0 Å². The number of sulfone groups is 2. The largest absolute Gasteiger partial charge is 0.326 e. The van der Waals surface area contributed by atoms with Crippen LogP contribution in [0.3, 0.4) is 0 Å². The molecule has 0 radical (unpaired) electrons. The Morgan fingerprint density at radius 1 is 0.738 bits per heavy atom. The van der Waals surface area contributed by atoms with Crippen molar-refractivity contribution >= 4 is 55.0 Å². The zero-order valence-corrected chi connectivity index (χ0v) is 25.8. The van der Waals surface area contributed by atoms with Crippen LogP contribution in [0.5, 0.6) is 0 Å². The maximum Gasteiger partial charge on any atom is 0.175 e. The topological polar surface area (TPSA) is 86.1 Å². The number of halogens is 2. The summed E-state index contributed by atoms with van der Waals surface area (Å²) in [7, 11) is -6.59. The highest BCUT2D eigenvalue weighted by Crippen LogP contribution is 2.31. The first-order chi connectivity index (χ1) is 19.9. The minimum atomic E-state index is -3.30. The number of benzene rings is 4. The van der Waals surface area contributed by atoms with Crippen LogP contribution in [0.25, 0.3) is 34.5 Å². The Labute approximate surface area is 255 Å². The molecule has 10 heteroatoms. The van der Waals surface area contributed by atoms with Gasteiger partial charge >= 0.3 is 0 Å². The minimum Gasteiger partial charge on any atom is -0.326 e. The van der Waals surface area contributed by atoms with Gasteiger partial charge in [-0.3, -0.25) is 0 Å². The van der Waals surface area contributed by atoms with Crippen molar-refractivity contribution in [2.24, 2.45) is 0 Å². The zero-order valence-electron chi connectivity index (χ0n) is 22.7. The van der Waals surface area contributed by atoms with E-state index in [1.807, 2.05) is 59.3 Å². The molecule has 1 heterocycles. The van der Waals surface area contributed by atoms with Crippen molar-refractivity contribution in [2.75, 3.05) is 12.5 Å². The molecule has 0 amide bonds.